The smallest absolute Gasteiger partial charge is 0.233 e. The SMILES string of the molecule is O=C(CSc1nnc(Cc2ccccc2)n1-c1ccccc1)N1CCN(c2ccccc2F)CC1. The van der Waals surface area contributed by atoms with Crippen LogP contribution in [0.15, 0.2) is 90.1 Å². The van der Waals surface area contributed by atoms with Gasteiger partial charge in [-0.05, 0) is 29.8 Å². The topological polar surface area (TPSA) is 54.3 Å². The van der Waals surface area contributed by atoms with E-state index < -0.39 is 0 Å². The number of halogens is 1. The summed E-state index contributed by atoms with van der Waals surface area (Å²) in [6, 6.07) is 26.9. The van der Waals surface area contributed by atoms with Gasteiger partial charge in [-0.3, -0.25) is 9.36 Å². The van der Waals surface area contributed by atoms with E-state index in [1.807, 2.05) is 69.0 Å². The molecular weight excluding hydrogens is 461 g/mol. The van der Waals surface area contributed by atoms with E-state index in [0.29, 0.717) is 43.4 Å². The van der Waals surface area contributed by atoms with Crippen molar-refractivity contribution < 1.29 is 9.18 Å². The van der Waals surface area contributed by atoms with Crippen molar-refractivity contribution in [3.05, 3.63) is 102 Å². The maximum Gasteiger partial charge on any atom is 0.233 e. The molecule has 1 aliphatic rings. The van der Waals surface area contributed by atoms with E-state index in [0.717, 1.165) is 17.1 Å². The van der Waals surface area contributed by atoms with Crippen molar-refractivity contribution in [1.82, 2.24) is 19.7 Å². The van der Waals surface area contributed by atoms with Gasteiger partial charge in [-0.1, -0.05) is 72.4 Å². The van der Waals surface area contributed by atoms with Gasteiger partial charge in [0.05, 0.1) is 11.4 Å². The number of benzene rings is 3. The molecule has 0 unspecified atom stereocenters. The van der Waals surface area contributed by atoms with E-state index in [-0.39, 0.29) is 17.5 Å². The Balaban J connectivity index is 1.26. The molecule has 4 aromatic rings. The Bertz CT molecular complexity index is 1270. The molecule has 6 nitrogen and oxygen atoms in total. The predicted molar refractivity (Wildman–Crippen MR) is 137 cm³/mol. The molecule has 0 saturated carbocycles. The lowest BCUT2D eigenvalue weighted by Gasteiger charge is -2.36. The van der Waals surface area contributed by atoms with Crippen molar-refractivity contribution in [3.8, 4) is 5.69 Å². The summed E-state index contributed by atoms with van der Waals surface area (Å²) in [4.78, 5) is 16.8. The molecule has 2 heterocycles. The highest BCUT2D eigenvalue weighted by molar-refractivity contribution is 7.99. The molecule has 1 aliphatic heterocycles. The van der Waals surface area contributed by atoms with Crippen LogP contribution in [0.4, 0.5) is 10.1 Å². The molecule has 8 heteroatoms. The van der Waals surface area contributed by atoms with Crippen molar-refractivity contribution >= 4 is 23.4 Å². The Morgan fingerprint density at radius 1 is 0.829 bits per heavy atom. The van der Waals surface area contributed by atoms with Crippen molar-refractivity contribution in [2.75, 3.05) is 36.8 Å². The van der Waals surface area contributed by atoms with Crippen molar-refractivity contribution in [2.24, 2.45) is 0 Å². The zero-order valence-corrected chi connectivity index (χ0v) is 20.1. The number of aromatic nitrogens is 3. The van der Waals surface area contributed by atoms with Crippen LogP contribution in [0.1, 0.15) is 11.4 Å². The molecular formula is C27H26FN5OS. The number of para-hydroxylation sites is 2. The highest BCUT2D eigenvalue weighted by Gasteiger charge is 2.24. The maximum atomic E-state index is 14.1. The third kappa shape index (κ3) is 5.38. The summed E-state index contributed by atoms with van der Waals surface area (Å²) in [5.41, 5.74) is 2.71. The number of amides is 1. The van der Waals surface area contributed by atoms with Gasteiger partial charge in [0.1, 0.15) is 11.6 Å². The lowest BCUT2D eigenvalue weighted by Crippen LogP contribution is -2.49. The average Bonchev–Trinajstić information content (AvgIpc) is 3.31. The lowest BCUT2D eigenvalue weighted by atomic mass is 10.1. The van der Waals surface area contributed by atoms with Crippen LogP contribution in [0, 0.1) is 5.82 Å². The molecule has 0 bridgehead atoms. The largest absolute Gasteiger partial charge is 0.366 e. The second-order valence-electron chi connectivity index (χ2n) is 8.34. The summed E-state index contributed by atoms with van der Waals surface area (Å²) in [7, 11) is 0. The molecule has 1 fully saturated rings. The first-order valence-corrected chi connectivity index (χ1v) is 12.6. The number of carbonyl (C=O) groups is 1. The number of nitrogens with zero attached hydrogens (tertiary/aromatic N) is 5. The molecule has 0 N–H and O–H groups in total. The molecule has 1 saturated heterocycles. The number of rotatable bonds is 7. The van der Waals surface area contributed by atoms with E-state index in [1.165, 1.54) is 17.8 Å². The minimum atomic E-state index is -0.227. The fourth-order valence-electron chi connectivity index (χ4n) is 4.25. The highest BCUT2D eigenvalue weighted by Crippen LogP contribution is 2.25. The lowest BCUT2D eigenvalue weighted by molar-refractivity contribution is -0.128. The summed E-state index contributed by atoms with van der Waals surface area (Å²) in [6.07, 6.45) is 0.648. The van der Waals surface area contributed by atoms with Crippen LogP contribution in [0.2, 0.25) is 0 Å². The fourth-order valence-corrected chi connectivity index (χ4v) is 5.12. The second kappa shape index (κ2) is 10.7. The summed E-state index contributed by atoms with van der Waals surface area (Å²) < 4.78 is 16.1. The Morgan fingerprint density at radius 3 is 2.20 bits per heavy atom. The van der Waals surface area contributed by atoms with Crippen molar-refractivity contribution in [3.63, 3.8) is 0 Å². The van der Waals surface area contributed by atoms with E-state index in [9.17, 15) is 9.18 Å². The number of piperazine rings is 1. The van der Waals surface area contributed by atoms with E-state index in [4.69, 9.17) is 0 Å². The first-order valence-electron chi connectivity index (χ1n) is 11.6. The molecule has 178 valence electrons. The summed E-state index contributed by atoms with van der Waals surface area (Å²) >= 11 is 1.40. The van der Waals surface area contributed by atoms with Gasteiger partial charge >= 0.3 is 0 Å². The molecule has 0 radical (unpaired) electrons. The van der Waals surface area contributed by atoms with Crippen LogP contribution in [0.3, 0.4) is 0 Å². The summed E-state index contributed by atoms with van der Waals surface area (Å²) in [5.74, 6) is 0.927. The average molecular weight is 488 g/mol. The molecule has 5 rings (SSSR count). The molecule has 1 aromatic heterocycles. The Morgan fingerprint density at radius 2 is 1.49 bits per heavy atom. The van der Waals surface area contributed by atoms with Crippen LogP contribution >= 0.6 is 11.8 Å². The molecule has 35 heavy (non-hydrogen) atoms. The number of carbonyl (C=O) groups excluding carboxylic acids is 1. The molecule has 0 atom stereocenters. The van der Waals surface area contributed by atoms with Gasteiger partial charge in [-0.15, -0.1) is 10.2 Å². The highest BCUT2D eigenvalue weighted by atomic mass is 32.2. The van der Waals surface area contributed by atoms with Gasteiger partial charge in [0.2, 0.25) is 5.91 Å². The van der Waals surface area contributed by atoms with Gasteiger partial charge in [0.15, 0.2) is 5.16 Å². The minimum absolute atomic E-state index is 0.0513. The normalized spacial score (nSPS) is 13.7. The van der Waals surface area contributed by atoms with Gasteiger partial charge in [-0.2, -0.15) is 0 Å². The van der Waals surface area contributed by atoms with Gasteiger partial charge in [0, 0.05) is 38.3 Å². The molecule has 1 amide bonds. The monoisotopic (exact) mass is 487 g/mol. The van der Waals surface area contributed by atoms with Crippen molar-refractivity contribution in [2.45, 2.75) is 11.6 Å². The zero-order valence-electron chi connectivity index (χ0n) is 19.3. The van der Waals surface area contributed by atoms with Crippen LogP contribution in [-0.4, -0.2) is 57.5 Å². The van der Waals surface area contributed by atoms with Gasteiger partial charge < -0.3 is 9.80 Å². The zero-order chi connectivity index (χ0) is 24.0. The summed E-state index contributed by atoms with van der Waals surface area (Å²) in [6.45, 7) is 2.36. The number of hydrogen-bond acceptors (Lipinski definition) is 5. The fraction of sp³-hybridized carbons (Fsp3) is 0.222. The Kier molecular flexibility index (Phi) is 7.09. The van der Waals surface area contributed by atoms with Crippen molar-refractivity contribution in [1.29, 1.82) is 0 Å². The number of anilines is 1. The first kappa shape index (κ1) is 23.1. The van der Waals surface area contributed by atoms with E-state index in [2.05, 4.69) is 22.3 Å². The summed E-state index contributed by atoms with van der Waals surface area (Å²) in [5, 5.41) is 9.57. The first-order chi connectivity index (χ1) is 17.2. The van der Waals surface area contributed by atoms with Crippen LogP contribution < -0.4 is 4.90 Å². The molecule has 0 aliphatic carbocycles. The third-order valence-electron chi connectivity index (χ3n) is 6.07. The standard InChI is InChI=1S/C27H26FN5OS/c28-23-13-7-8-14-24(23)31-15-17-32(18-16-31)26(34)20-35-27-30-29-25(19-21-9-3-1-4-10-21)33(27)22-11-5-2-6-12-22/h1-14H,15-20H2. The number of thioether (sulfide) groups is 1. The van der Waals surface area contributed by atoms with Crippen LogP contribution in [-0.2, 0) is 11.2 Å². The Hall–Kier alpha value is -3.65. The van der Waals surface area contributed by atoms with Crippen LogP contribution in [0.5, 0.6) is 0 Å². The predicted octanol–water partition coefficient (Wildman–Crippen LogP) is 4.44. The van der Waals surface area contributed by atoms with Gasteiger partial charge in [-0.25, -0.2) is 4.39 Å². The van der Waals surface area contributed by atoms with E-state index >= 15 is 0 Å². The Labute approximate surface area is 208 Å². The van der Waals surface area contributed by atoms with Gasteiger partial charge in [0.25, 0.3) is 0 Å². The molecule has 0 spiro atoms. The number of hydrogen-bond donors (Lipinski definition) is 0. The second-order valence-corrected chi connectivity index (χ2v) is 9.28. The molecule has 3 aromatic carbocycles. The minimum Gasteiger partial charge on any atom is -0.366 e. The van der Waals surface area contributed by atoms with E-state index in [1.54, 1.807) is 12.1 Å². The quantitative estimate of drug-likeness (QED) is 0.361. The third-order valence-corrected chi connectivity index (χ3v) is 6.98. The maximum absolute atomic E-state index is 14.1. The van der Waals surface area contributed by atoms with Crippen LogP contribution in [0.25, 0.3) is 5.69 Å².